The zero-order valence-electron chi connectivity index (χ0n) is 11.5. The fraction of sp³-hybridized carbons (Fsp3) is 0.533. The van der Waals surface area contributed by atoms with E-state index >= 15 is 0 Å². The molecule has 0 radical (unpaired) electrons. The van der Waals surface area contributed by atoms with E-state index in [1.807, 2.05) is 29.2 Å². The monoisotopic (exact) mass is 259 g/mol. The SMILES string of the molecule is CC1CC(C)N(C(=O)C2CNc3ccccc3N2)C1. The number of nitrogens with one attached hydrogen (secondary N) is 2. The minimum atomic E-state index is -0.150. The molecule has 1 aromatic carbocycles. The molecule has 19 heavy (non-hydrogen) atoms. The van der Waals surface area contributed by atoms with Crippen molar-refractivity contribution in [2.45, 2.75) is 32.4 Å². The Morgan fingerprint density at radius 1 is 1.26 bits per heavy atom. The Morgan fingerprint density at radius 3 is 2.68 bits per heavy atom. The third-order valence-electron chi connectivity index (χ3n) is 4.12. The molecule has 4 heteroatoms. The summed E-state index contributed by atoms with van der Waals surface area (Å²) in [4.78, 5) is 14.6. The van der Waals surface area contributed by atoms with Gasteiger partial charge >= 0.3 is 0 Å². The number of likely N-dealkylation sites (tertiary alicyclic amines) is 1. The lowest BCUT2D eigenvalue weighted by Crippen LogP contribution is -2.49. The normalized spacial score (nSPS) is 29.4. The topological polar surface area (TPSA) is 44.4 Å². The van der Waals surface area contributed by atoms with E-state index in [-0.39, 0.29) is 11.9 Å². The van der Waals surface area contributed by atoms with Gasteiger partial charge in [-0.1, -0.05) is 19.1 Å². The molecular formula is C15H21N3O. The van der Waals surface area contributed by atoms with Crippen LogP contribution in [0.5, 0.6) is 0 Å². The van der Waals surface area contributed by atoms with Gasteiger partial charge in [-0.3, -0.25) is 4.79 Å². The second-order valence-corrected chi connectivity index (χ2v) is 5.80. The van der Waals surface area contributed by atoms with Crippen LogP contribution in [0.3, 0.4) is 0 Å². The molecule has 2 aliphatic rings. The minimum absolute atomic E-state index is 0.150. The second-order valence-electron chi connectivity index (χ2n) is 5.80. The lowest BCUT2D eigenvalue weighted by molar-refractivity contribution is -0.132. The van der Waals surface area contributed by atoms with Crippen LogP contribution in [0, 0.1) is 5.92 Å². The van der Waals surface area contributed by atoms with Crippen molar-refractivity contribution in [3.05, 3.63) is 24.3 Å². The number of fused-ring (bicyclic) bond motifs is 1. The predicted molar refractivity (Wildman–Crippen MR) is 77.3 cm³/mol. The maximum Gasteiger partial charge on any atom is 0.247 e. The third-order valence-corrected chi connectivity index (χ3v) is 4.12. The van der Waals surface area contributed by atoms with E-state index in [0.717, 1.165) is 24.3 Å². The van der Waals surface area contributed by atoms with Gasteiger partial charge in [0.25, 0.3) is 0 Å². The molecule has 0 spiro atoms. The molecule has 0 aromatic heterocycles. The van der Waals surface area contributed by atoms with Gasteiger partial charge < -0.3 is 15.5 Å². The largest absolute Gasteiger partial charge is 0.381 e. The van der Waals surface area contributed by atoms with Crippen LogP contribution in [-0.2, 0) is 4.79 Å². The van der Waals surface area contributed by atoms with E-state index in [0.29, 0.717) is 18.5 Å². The van der Waals surface area contributed by atoms with Crippen molar-refractivity contribution in [2.24, 2.45) is 5.92 Å². The average molecular weight is 259 g/mol. The number of hydrogen-bond acceptors (Lipinski definition) is 3. The van der Waals surface area contributed by atoms with Gasteiger partial charge in [-0.25, -0.2) is 0 Å². The minimum Gasteiger partial charge on any atom is -0.381 e. The molecule has 1 aromatic rings. The summed E-state index contributed by atoms with van der Waals surface area (Å²) in [6.45, 7) is 5.91. The van der Waals surface area contributed by atoms with Gasteiger partial charge in [-0.2, -0.15) is 0 Å². The van der Waals surface area contributed by atoms with Gasteiger partial charge in [-0.05, 0) is 31.4 Å². The van der Waals surface area contributed by atoms with E-state index in [1.54, 1.807) is 0 Å². The molecule has 0 saturated carbocycles. The van der Waals surface area contributed by atoms with Crippen molar-refractivity contribution in [3.8, 4) is 0 Å². The Kier molecular flexibility index (Phi) is 3.09. The van der Waals surface area contributed by atoms with Crippen molar-refractivity contribution >= 4 is 17.3 Å². The molecule has 0 bridgehead atoms. The van der Waals surface area contributed by atoms with Crippen LogP contribution < -0.4 is 10.6 Å². The molecule has 0 aliphatic carbocycles. The van der Waals surface area contributed by atoms with Gasteiger partial charge in [0.15, 0.2) is 0 Å². The zero-order valence-corrected chi connectivity index (χ0v) is 11.5. The highest BCUT2D eigenvalue weighted by molar-refractivity contribution is 5.89. The molecular weight excluding hydrogens is 238 g/mol. The van der Waals surface area contributed by atoms with Crippen molar-refractivity contribution in [1.82, 2.24) is 4.90 Å². The fourth-order valence-electron chi connectivity index (χ4n) is 3.17. The Hall–Kier alpha value is -1.71. The summed E-state index contributed by atoms with van der Waals surface area (Å²) in [6.07, 6.45) is 1.11. The first-order valence-electron chi connectivity index (χ1n) is 7.05. The number of amides is 1. The Balaban J connectivity index is 1.73. The predicted octanol–water partition coefficient (Wildman–Crippen LogP) is 2.15. The maximum atomic E-state index is 12.6. The lowest BCUT2D eigenvalue weighted by Gasteiger charge is -2.32. The molecule has 2 heterocycles. The van der Waals surface area contributed by atoms with Crippen molar-refractivity contribution in [1.29, 1.82) is 0 Å². The molecule has 4 nitrogen and oxygen atoms in total. The van der Waals surface area contributed by atoms with E-state index < -0.39 is 0 Å². The zero-order chi connectivity index (χ0) is 13.4. The highest BCUT2D eigenvalue weighted by atomic mass is 16.2. The van der Waals surface area contributed by atoms with Gasteiger partial charge in [0, 0.05) is 19.1 Å². The fourth-order valence-corrected chi connectivity index (χ4v) is 3.17. The number of carbonyl (C=O) groups excluding carboxylic acids is 1. The summed E-state index contributed by atoms with van der Waals surface area (Å²) in [5.41, 5.74) is 2.10. The Labute approximate surface area is 114 Å². The molecule has 1 saturated heterocycles. The molecule has 2 N–H and O–H groups in total. The summed E-state index contributed by atoms with van der Waals surface area (Å²) in [5.74, 6) is 0.835. The van der Waals surface area contributed by atoms with Gasteiger partial charge in [-0.15, -0.1) is 0 Å². The van der Waals surface area contributed by atoms with Crippen molar-refractivity contribution < 1.29 is 4.79 Å². The molecule has 3 unspecified atom stereocenters. The van der Waals surface area contributed by atoms with Crippen LogP contribution in [0.1, 0.15) is 20.3 Å². The van der Waals surface area contributed by atoms with E-state index in [9.17, 15) is 4.79 Å². The molecule has 2 aliphatic heterocycles. The smallest absolute Gasteiger partial charge is 0.247 e. The summed E-state index contributed by atoms with van der Waals surface area (Å²) < 4.78 is 0. The summed E-state index contributed by atoms with van der Waals surface area (Å²) in [5, 5.41) is 6.69. The number of carbonyl (C=O) groups is 1. The summed E-state index contributed by atoms with van der Waals surface area (Å²) in [6, 6.07) is 8.24. The number of hydrogen-bond donors (Lipinski definition) is 2. The third kappa shape index (κ3) is 2.27. The number of rotatable bonds is 1. The first-order valence-corrected chi connectivity index (χ1v) is 7.05. The Morgan fingerprint density at radius 2 is 2.00 bits per heavy atom. The first-order chi connectivity index (χ1) is 9.15. The lowest BCUT2D eigenvalue weighted by atomic mass is 10.1. The van der Waals surface area contributed by atoms with E-state index in [4.69, 9.17) is 0 Å². The van der Waals surface area contributed by atoms with E-state index in [1.165, 1.54) is 0 Å². The highest BCUT2D eigenvalue weighted by Gasteiger charge is 2.35. The van der Waals surface area contributed by atoms with Crippen LogP contribution in [0.25, 0.3) is 0 Å². The summed E-state index contributed by atoms with van der Waals surface area (Å²) in [7, 11) is 0. The molecule has 1 fully saturated rings. The first kappa shape index (κ1) is 12.3. The maximum absolute atomic E-state index is 12.6. The summed E-state index contributed by atoms with van der Waals surface area (Å²) >= 11 is 0. The molecule has 3 rings (SSSR count). The van der Waals surface area contributed by atoms with Gasteiger partial charge in [0.05, 0.1) is 11.4 Å². The Bertz CT molecular complexity index is 488. The van der Waals surface area contributed by atoms with E-state index in [2.05, 4.69) is 24.5 Å². The van der Waals surface area contributed by atoms with Gasteiger partial charge in [0.1, 0.15) is 6.04 Å². The van der Waals surface area contributed by atoms with Crippen molar-refractivity contribution in [2.75, 3.05) is 23.7 Å². The second kappa shape index (κ2) is 4.76. The molecule has 102 valence electrons. The number of para-hydroxylation sites is 2. The average Bonchev–Trinajstić information content (AvgIpc) is 2.76. The van der Waals surface area contributed by atoms with Crippen LogP contribution in [-0.4, -0.2) is 36.0 Å². The van der Waals surface area contributed by atoms with Crippen LogP contribution in [0.15, 0.2) is 24.3 Å². The molecule has 3 atom stereocenters. The number of anilines is 2. The van der Waals surface area contributed by atoms with Crippen molar-refractivity contribution in [3.63, 3.8) is 0 Å². The number of benzene rings is 1. The number of nitrogens with zero attached hydrogens (tertiary/aromatic N) is 1. The van der Waals surface area contributed by atoms with Crippen LogP contribution >= 0.6 is 0 Å². The standard InChI is InChI=1S/C15H21N3O/c1-10-7-11(2)18(9-10)15(19)14-8-16-12-5-3-4-6-13(12)17-14/h3-6,10-11,14,16-17H,7-9H2,1-2H3. The van der Waals surface area contributed by atoms with Gasteiger partial charge in [0.2, 0.25) is 5.91 Å². The van der Waals surface area contributed by atoms with Crippen LogP contribution in [0.4, 0.5) is 11.4 Å². The molecule has 1 amide bonds. The highest BCUT2D eigenvalue weighted by Crippen LogP contribution is 2.28. The quantitative estimate of drug-likeness (QED) is 0.812. The van der Waals surface area contributed by atoms with Crippen LogP contribution in [0.2, 0.25) is 0 Å².